The second-order valence-electron chi connectivity index (χ2n) is 5.84. The average molecular weight is 366 g/mol. The van der Waals surface area contributed by atoms with Crippen molar-refractivity contribution in [2.75, 3.05) is 6.26 Å². The van der Waals surface area contributed by atoms with Crippen LogP contribution in [0.3, 0.4) is 0 Å². The largest absolute Gasteiger partial charge is 0.296 e. The quantitative estimate of drug-likeness (QED) is 0.599. The maximum Gasteiger partial charge on any atom is 0.273 e. The molecule has 4 aromatic rings. The zero-order chi connectivity index (χ0) is 18.3. The molecule has 0 spiro atoms. The number of rotatable bonds is 3. The standard InChI is InChI=1S/C18H14N4O3S/c1-26(24,25)13-7-5-12(6-8-13)16-10-17(23)22-18(21-16)14(11-20-22)15-4-2-3-9-19-15/h2-11,20H,1H3. The van der Waals surface area contributed by atoms with Crippen molar-refractivity contribution in [3.05, 3.63) is 71.3 Å². The van der Waals surface area contributed by atoms with Gasteiger partial charge >= 0.3 is 0 Å². The van der Waals surface area contributed by atoms with Crippen molar-refractivity contribution in [2.24, 2.45) is 0 Å². The summed E-state index contributed by atoms with van der Waals surface area (Å²) in [4.78, 5) is 21.5. The van der Waals surface area contributed by atoms with Crippen molar-refractivity contribution in [1.82, 2.24) is 19.6 Å². The van der Waals surface area contributed by atoms with E-state index in [1.807, 2.05) is 18.2 Å². The normalized spacial score (nSPS) is 11.7. The van der Waals surface area contributed by atoms with Crippen LogP contribution in [0.25, 0.3) is 28.2 Å². The van der Waals surface area contributed by atoms with E-state index in [1.54, 1.807) is 24.5 Å². The Morgan fingerprint density at radius 2 is 1.81 bits per heavy atom. The van der Waals surface area contributed by atoms with E-state index >= 15 is 0 Å². The topological polar surface area (TPSA) is 97.2 Å². The van der Waals surface area contributed by atoms with Crippen LogP contribution in [0.2, 0.25) is 0 Å². The predicted octanol–water partition coefficient (Wildman–Crippen LogP) is 2.16. The Kier molecular flexibility index (Phi) is 3.69. The molecule has 0 unspecified atom stereocenters. The van der Waals surface area contributed by atoms with Crippen molar-refractivity contribution in [3.63, 3.8) is 0 Å². The van der Waals surface area contributed by atoms with Crippen molar-refractivity contribution >= 4 is 15.5 Å². The fourth-order valence-electron chi connectivity index (χ4n) is 2.71. The van der Waals surface area contributed by atoms with Gasteiger partial charge in [-0.15, -0.1) is 0 Å². The zero-order valence-electron chi connectivity index (χ0n) is 13.7. The Bertz CT molecular complexity index is 1260. The molecule has 0 aliphatic carbocycles. The first-order chi connectivity index (χ1) is 12.4. The van der Waals surface area contributed by atoms with E-state index in [0.29, 0.717) is 28.2 Å². The summed E-state index contributed by atoms with van der Waals surface area (Å²) < 4.78 is 24.5. The van der Waals surface area contributed by atoms with Crippen molar-refractivity contribution < 1.29 is 8.42 Å². The minimum Gasteiger partial charge on any atom is -0.296 e. The number of aromatic amines is 1. The summed E-state index contributed by atoms with van der Waals surface area (Å²) in [7, 11) is -3.28. The molecule has 0 atom stereocenters. The number of H-pyrrole nitrogens is 1. The molecule has 3 heterocycles. The zero-order valence-corrected chi connectivity index (χ0v) is 14.6. The molecule has 1 aromatic carbocycles. The highest BCUT2D eigenvalue weighted by atomic mass is 32.2. The number of nitrogens with zero attached hydrogens (tertiary/aromatic N) is 3. The molecule has 0 saturated heterocycles. The molecule has 130 valence electrons. The summed E-state index contributed by atoms with van der Waals surface area (Å²) in [5, 5.41) is 2.88. The Morgan fingerprint density at radius 1 is 1.04 bits per heavy atom. The van der Waals surface area contributed by atoms with Gasteiger partial charge in [0.25, 0.3) is 5.56 Å². The highest BCUT2D eigenvalue weighted by Gasteiger charge is 2.13. The van der Waals surface area contributed by atoms with E-state index in [-0.39, 0.29) is 10.5 Å². The van der Waals surface area contributed by atoms with Gasteiger partial charge in [0, 0.05) is 30.3 Å². The van der Waals surface area contributed by atoms with Crippen molar-refractivity contribution in [3.8, 4) is 22.5 Å². The Balaban J connectivity index is 1.88. The minimum absolute atomic E-state index is 0.217. The van der Waals surface area contributed by atoms with E-state index in [2.05, 4.69) is 15.1 Å². The predicted molar refractivity (Wildman–Crippen MR) is 97.6 cm³/mol. The summed E-state index contributed by atoms with van der Waals surface area (Å²) in [5.74, 6) is 0. The molecular weight excluding hydrogens is 352 g/mol. The number of aromatic nitrogens is 4. The van der Waals surface area contributed by atoms with Crippen LogP contribution in [0, 0.1) is 0 Å². The molecular formula is C18H14N4O3S. The van der Waals surface area contributed by atoms with Crippen LogP contribution in [0.5, 0.6) is 0 Å². The smallest absolute Gasteiger partial charge is 0.273 e. The second-order valence-corrected chi connectivity index (χ2v) is 7.85. The van der Waals surface area contributed by atoms with Gasteiger partial charge in [-0.25, -0.2) is 17.9 Å². The van der Waals surface area contributed by atoms with E-state index in [0.717, 1.165) is 6.26 Å². The Morgan fingerprint density at radius 3 is 2.46 bits per heavy atom. The lowest BCUT2D eigenvalue weighted by molar-refractivity contribution is 0.602. The van der Waals surface area contributed by atoms with Gasteiger partial charge in [0.2, 0.25) is 0 Å². The third-order valence-electron chi connectivity index (χ3n) is 4.02. The number of hydrogen-bond acceptors (Lipinski definition) is 5. The number of benzene rings is 1. The second kappa shape index (κ2) is 5.92. The number of sulfone groups is 1. The molecule has 0 bridgehead atoms. The van der Waals surface area contributed by atoms with Gasteiger partial charge in [0.05, 0.1) is 21.8 Å². The van der Waals surface area contributed by atoms with Crippen LogP contribution in [-0.2, 0) is 9.84 Å². The summed E-state index contributed by atoms with van der Waals surface area (Å²) >= 11 is 0. The molecule has 0 aliphatic heterocycles. The summed E-state index contributed by atoms with van der Waals surface area (Å²) in [5.41, 5.74) is 2.72. The van der Waals surface area contributed by atoms with Crippen LogP contribution in [-0.4, -0.2) is 34.3 Å². The van der Waals surface area contributed by atoms with Gasteiger partial charge in [-0.1, -0.05) is 18.2 Å². The fraction of sp³-hybridized carbons (Fsp3) is 0.0556. The number of nitrogens with one attached hydrogen (secondary N) is 1. The van der Waals surface area contributed by atoms with E-state index in [4.69, 9.17) is 0 Å². The molecule has 0 radical (unpaired) electrons. The summed E-state index contributed by atoms with van der Waals surface area (Å²) in [6.45, 7) is 0. The summed E-state index contributed by atoms with van der Waals surface area (Å²) in [6.07, 6.45) is 4.50. The van der Waals surface area contributed by atoms with Crippen molar-refractivity contribution in [2.45, 2.75) is 4.90 Å². The lowest BCUT2D eigenvalue weighted by Crippen LogP contribution is -2.14. The highest BCUT2D eigenvalue weighted by molar-refractivity contribution is 7.90. The molecule has 1 N–H and O–H groups in total. The van der Waals surface area contributed by atoms with Gasteiger partial charge in [-0.05, 0) is 24.3 Å². The molecule has 8 heteroatoms. The van der Waals surface area contributed by atoms with Crippen LogP contribution in [0.15, 0.2) is 70.6 Å². The number of fused-ring (bicyclic) bond motifs is 1. The molecule has 0 amide bonds. The Hall–Kier alpha value is -3.26. The highest BCUT2D eigenvalue weighted by Crippen LogP contribution is 2.23. The first-order valence-electron chi connectivity index (χ1n) is 7.76. The van der Waals surface area contributed by atoms with Crippen LogP contribution in [0.4, 0.5) is 0 Å². The SMILES string of the molecule is CS(=O)(=O)c1ccc(-c2cc(=O)n3[nH]cc(-c4ccccn4)c3n2)cc1. The molecule has 7 nitrogen and oxygen atoms in total. The monoisotopic (exact) mass is 366 g/mol. The van der Waals surface area contributed by atoms with E-state index in [9.17, 15) is 13.2 Å². The maximum absolute atomic E-state index is 12.4. The van der Waals surface area contributed by atoms with Crippen molar-refractivity contribution in [1.29, 1.82) is 0 Å². The van der Waals surface area contributed by atoms with E-state index in [1.165, 1.54) is 22.7 Å². The third-order valence-corrected chi connectivity index (χ3v) is 5.15. The number of pyridine rings is 1. The van der Waals surface area contributed by atoms with Crippen LogP contribution >= 0.6 is 0 Å². The lowest BCUT2D eigenvalue weighted by atomic mass is 10.1. The third kappa shape index (κ3) is 2.80. The first kappa shape index (κ1) is 16.2. The van der Waals surface area contributed by atoms with Gasteiger partial charge in [-0.3, -0.25) is 14.9 Å². The molecule has 26 heavy (non-hydrogen) atoms. The van der Waals surface area contributed by atoms with Crippen LogP contribution < -0.4 is 5.56 Å². The molecule has 3 aromatic heterocycles. The van der Waals surface area contributed by atoms with Gasteiger partial charge in [0.1, 0.15) is 0 Å². The first-order valence-corrected chi connectivity index (χ1v) is 9.66. The maximum atomic E-state index is 12.4. The molecule has 0 fully saturated rings. The fourth-order valence-corrected chi connectivity index (χ4v) is 3.34. The van der Waals surface area contributed by atoms with Gasteiger partial charge < -0.3 is 0 Å². The van der Waals surface area contributed by atoms with Crippen LogP contribution in [0.1, 0.15) is 0 Å². The average Bonchev–Trinajstić information content (AvgIpc) is 3.06. The Labute approximate surface area is 148 Å². The molecule has 0 saturated carbocycles. The molecule has 0 aliphatic rings. The summed E-state index contributed by atoms with van der Waals surface area (Å²) in [6, 6.07) is 13.2. The number of hydrogen-bond donors (Lipinski definition) is 1. The minimum atomic E-state index is -3.28. The lowest BCUT2D eigenvalue weighted by Gasteiger charge is -2.04. The molecule has 4 rings (SSSR count). The van der Waals surface area contributed by atoms with E-state index < -0.39 is 9.84 Å². The van der Waals surface area contributed by atoms with Gasteiger partial charge in [0.15, 0.2) is 15.5 Å². The van der Waals surface area contributed by atoms with Gasteiger partial charge in [-0.2, -0.15) is 0 Å².